The number of rotatable bonds is 5. The summed E-state index contributed by atoms with van der Waals surface area (Å²) in [5.41, 5.74) is -0.573. The molecule has 0 amide bonds. The predicted molar refractivity (Wildman–Crippen MR) is 91.5 cm³/mol. The van der Waals surface area contributed by atoms with Gasteiger partial charge in [-0.25, -0.2) is 4.79 Å². The van der Waals surface area contributed by atoms with Crippen LogP contribution in [0.3, 0.4) is 0 Å². The van der Waals surface area contributed by atoms with E-state index in [1.165, 1.54) is 12.8 Å². The topological polar surface area (TPSA) is 52.6 Å². The van der Waals surface area contributed by atoms with Crippen LogP contribution in [-0.4, -0.2) is 30.6 Å². The van der Waals surface area contributed by atoms with Crippen LogP contribution in [0.1, 0.15) is 72.1 Å². The highest BCUT2D eigenvalue weighted by Crippen LogP contribution is 2.57. The molecule has 1 aliphatic heterocycles. The van der Waals surface area contributed by atoms with E-state index in [2.05, 4.69) is 13.8 Å². The van der Waals surface area contributed by atoms with E-state index in [0.29, 0.717) is 30.0 Å². The number of esters is 1. The fourth-order valence-corrected chi connectivity index (χ4v) is 5.72. The molecule has 0 aromatic carbocycles. The Bertz CT molecular complexity index is 516. The minimum Gasteiger partial charge on any atom is -0.460 e. The number of cyclic esters (lactones) is 1. The van der Waals surface area contributed by atoms with E-state index in [0.717, 1.165) is 32.1 Å². The van der Waals surface area contributed by atoms with Gasteiger partial charge in [0, 0.05) is 25.9 Å². The van der Waals surface area contributed by atoms with Crippen molar-refractivity contribution < 1.29 is 19.1 Å². The van der Waals surface area contributed by atoms with Crippen LogP contribution in [0.4, 0.5) is 0 Å². The Kier molecular flexibility index (Phi) is 4.80. The second-order valence-corrected chi connectivity index (χ2v) is 8.78. The second-order valence-electron chi connectivity index (χ2n) is 8.78. The lowest BCUT2D eigenvalue weighted by Gasteiger charge is -2.42. The molecule has 1 heterocycles. The van der Waals surface area contributed by atoms with E-state index in [4.69, 9.17) is 9.47 Å². The molecule has 0 aromatic rings. The Labute approximate surface area is 145 Å². The highest BCUT2D eigenvalue weighted by atomic mass is 16.6. The Balaban J connectivity index is 1.57. The van der Waals surface area contributed by atoms with E-state index in [1.54, 1.807) is 7.11 Å². The van der Waals surface area contributed by atoms with Crippen LogP contribution in [0, 0.1) is 23.2 Å². The SMILES string of the molecule is COC1(C)CC(CCC(C)C2CCC3C(=O)CCCC32C)OC1=O. The monoisotopic (exact) mass is 336 g/mol. The molecule has 4 nitrogen and oxygen atoms in total. The van der Waals surface area contributed by atoms with Gasteiger partial charge in [-0.1, -0.05) is 13.8 Å². The van der Waals surface area contributed by atoms with Crippen molar-refractivity contribution in [3.63, 3.8) is 0 Å². The molecule has 3 fully saturated rings. The smallest absolute Gasteiger partial charge is 0.338 e. The Morgan fingerprint density at radius 2 is 2.04 bits per heavy atom. The van der Waals surface area contributed by atoms with Gasteiger partial charge >= 0.3 is 5.97 Å². The molecule has 24 heavy (non-hydrogen) atoms. The fourth-order valence-electron chi connectivity index (χ4n) is 5.72. The maximum Gasteiger partial charge on any atom is 0.338 e. The van der Waals surface area contributed by atoms with E-state index in [9.17, 15) is 9.59 Å². The molecule has 136 valence electrons. The van der Waals surface area contributed by atoms with Crippen molar-refractivity contribution in [2.45, 2.75) is 83.8 Å². The average Bonchev–Trinajstić information content (AvgIpc) is 3.04. The summed E-state index contributed by atoms with van der Waals surface area (Å²) in [4.78, 5) is 24.2. The zero-order chi connectivity index (χ0) is 17.5. The van der Waals surface area contributed by atoms with Crippen molar-refractivity contribution >= 4 is 11.8 Å². The Hall–Kier alpha value is -0.900. The Morgan fingerprint density at radius 3 is 2.71 bits per heavy atom. The van der Waals surface area contributed by atoms with Crippen molar-refractivity contribution in [3.8, 4) is 0 Å². The van der Waals surface area contributed by atoms with Gasteiger partial charge in [0.05, 0.1) is 0 Å². The van der Waals surface area contributed by atoms with E-state index in [1.807, 2.05) is 6.92 Å². The van der Waals surface area contributed by atoms with E-state index < -0.39 is 5.60 Å². The average molecular weight is 336 g/mol. The summed E-state index contributed by atoms with van der Waals surface area (Å²) < 4.78 is 10.8. The van der Waals surface area contributed by atoms with Gasteiger partial charge in [0.1, 0.15) is 11.9 Å². The molecule has 0 radical (unpaired) electrons. The number of hydrogen-bond acceptors (Lipinski definition) is 4. The van der Waals surface area contributed by atoms with Crippen molar-refractivity contribution in [2.24, 2.45) is 23.2 Å². The summed E-state index contributed by atoms with van der Waals surface area (Å²) in [6.45, 7) is 6.49. The molecular weight excluding hydrogens is 304 g/mol. The minimum absolute atomic E-state index is 0.0251. The van der Waals surface area contributed by atoms with Crippen LogP contribution in [0.15, 0.2) is 0 Å². The van der Waals surface area contributed by atoms with E-state index in [-0.39, 0.29) is 17.5 Å². The first-order valence-electron chi connectivity index (χ1n) is 9.59. The van der Waals surface area contributed by atoms with Crippen LogP contribution in [0.2, 0.25) is 0 Å². The predicted octanol–water partition coefficient (Wildman–Crippen LogP) is 3.91. The first kappa shape index (κ1) is 17.9. The van der Waals surface area contributed by atoms with Crippen molar-refractivity contribution in [3.05, 3.63) is 0 Å². The first-order valence-corrected chi connectivity index (χ1v) is 9.59. The first-order chi connectivity index (χ1) is 11.3. The molecule has 2 saturated carbocycles. The number of methoxy groups -OCH3 is 1. The molecule has 2 aliphatic carbocycles. The maximum atomic E-state index is 12.3. The Morgan fingerprint density at radius 1 is 1.29 bits per heavy atom. The summed E-state index contributed by atoms with van der Waals surface area (Å²) in [5.74, 6) is 1.75. The summed E-state index contributed by atoms with van der Waals surface area (Å²) >= 11 is 0. The maximum absolute atomic E-state index is 12.3. The van der Waals surface area contributed by atoms with Crippen LogP contribution in [-0.2, 0) is 19.1 Å². The largest absolute Gasteiger partial charge is 0.460 e. The quantitative estimate of drug-likeness (QED) is 0.714. The van der Waals surface area contributed by atoms with Crippen LogP contribution < -0.4 is 0 Å². The van der Waals surface area contributed by atoms with Gasteiger partial charge < -0.3 is 9.47 Å². The van der Waals surface area contributed by atoms with Crippen LogP contribution >= 0.6 is 0 Å². The third-order valence-corrected chi connectivity index (χ3v) is 7.34. The number of carbonyl (C=O) groups excluding carboxylic acids is 2. The number of carbonyl (C=O) groups is 2. The molecule has 6 atom stereocenters. The number of Topliss-reactive ketones (excluding diaryl/α,β-unsaturated/α-hetero) is 1. The lowest BCUT2D eigenvalue weighted by atomic mass is 9.62. The van der Waals surface area contributed by atoms with Gasteiger partial charge in [-0.15, -0.1) is 0 Å². The molecule has 6 unspecified atom stereocenters. The molecule has 3 rings (SSSR count). The normalized spacial score (nSPS) is 43.6. The molecule has 4 heteroatoms. The minimum atomic E-state index is -0.770. The van der Waals surface area contributed by atoms with Crippen LogP contribution in [0.5, 0.6) is 0 Å². The van der Waals surface area contributed by atoms with Crippen molar-refractivity contribution in [1.29, 1.82) is 0 Å². The van der Waals surface area contributed by atoms with Gasteiger partial charge in [-0.2, -0.15) is 0 Å². The molecule has 1 saturated heterocycles. The molecule has 0 N–H and O–H groups in total. The fraction of sp³-hybridized carbons (Fsp3) is 0.900. The second kappa shape index (κ2) is 6.44. The van der Waals surface area contributed by atoms with Gasteiger partial charge in [0.2, 0.25) is 0 Å². The molecule has 3 aliphatic rings. The molecular formula is C20H32O4. The van der Waals surface area contributed by atoms with Gasteiger partial charge in [0.15, 0.2) is 5.60 Å². The number of hydrogen-bond donors (Lipinski definition) is 0. The standard InChI is InChI=1S/C20H32O4/c1-13(7-8-14-12-20(3,23-4)18(22)24-14)15-9-10-16-17(21)6-5-11-19(15,16)2/h13-16H,5-12H2,1-4H3. The summed E-state index contributed by atoms with van der Waals surface area (Å²) in [5, 5.41) is 0. The summed E-state index contributed by atoms with van der Waals surface area (Å²) in [6.07, 6.45) is 7.87. The number of ether oxygens (including phenoxy) is 2. The van der Waals surface area contributed by atoms with Gasteiger partial charge in [0.25, 0.3) is 0 Å². The zero-order valence-corrected chi connectivity index (χ0v) is 15.6. The molecule has 0 spiro atoms. The molecule has 0 bridgehead atoms. The summed E-state index contributed by atoms with van der Waals surface area (Å²) in [6, 6.07) is 0. The lowest BCUT2D eigenvalue weighted by molar-refractivity contribution is -0.156. The van der Waals surface area contributed by atoms with E-state index >= 15 is 0 Å². The van der Waals surface area contributed by atoms with Gasteiger partial charge in [-0.05, 0) is 62.7 Å². The number of fused-ring (bicyclic) bond motifs is 1. The van der Waals surface area contributed by atoms with Crippen molar-refractivity contribution in [2.75, 3.05) is 7.11 Å². The van der Waals surface area contributed by atoms with Crippen molar-refractivity contribution in [1.82, 2.24) is 0 Å². The third-order valence-electron chi connectivity index (χ3n) is 7.34. The summed E-state index contributed by atoms with van der Waals surface area (Å²) in [7, 11) is 1.58. The molecule has 0 aromatic heterocycles. The zero-order valence-electron chi connectivity index (χ0n) is 15.6. The third kappa shape index (κ3) is 2.91. The highest BCUT2D eigenvalue weighted by Gasteiger charge is 2.52. The van der Waals surface area contributed by atoms with Crippen LogP contribution in [0.25, 0.3) is 0 Å². The lowest BCUT2D eigenvalue weighted by Crippen LogP contribution is -2.39. The highest BCUT2D eigenvalue weighted by molar-refractivity contribution is 5.83. The van der Waals surface area contributed by atoms with Gasteiger partial charge in [-0.3, -0.25) is 4.79 Å². The number of ketones is 1.